The van der Waals surface area contributed by atoms with Crippen LogP contribution in [-0.2, 0) is 6.42 Å². The first-order chi connectivity index (χ1) is 11.9. The summed E-state index contributed by atoms with van der Waals surface area (Å²) in [5.41, 5.74) is 6.97. The largest absolute Gasteiger partial charge is 0.478 e. The van der Waals surface area contributed by atoms with Crippen molar-refractivity contribution in [3.05, 3.63) is 64.7 Å². The number of anilines is 1. The zero-order valence-corrected chi connectivity index (χ0v) is 13.9. The maximum Gasteiger partial charge on any atom is 0.336 e. The van der Waals surface area contributed by atoms with Crippen molar-refractivity contribution in [3.63, 3.8) is 0 Å². The van der Waals surface area contributed by atoms with E-state index in [0.717, 1.165) is 24.8 Å². The van der Waals surface area contributed by atoms with Crippen molar-refractivity contribution >= 4 is 23.5 Å². The fourth-order valence-electron chi connectivity index (χ4n) is 2.53. The molecule has 0 fully saturated rings. The molecular weight excluding hydrogens is 320 g/mol. The lowest BCUT2D eigenvalue weighted by Crippen LogP contribution is -2.18. The number of carbonyl (C=O) groups is 3. The molecule has 2 aromatic carbocycles. The number of aryl methyl sites for hydroxylation is 1. The summed E-state index contributed by atoms with van der Waals surface area (Å²) in [4.78, 5) is 35.3. The molecule has 130 valence electrons. The molecule has 2 amide bonds. The number of hydrogen-bond acceptors (Lipinski definition) is 3. The lowest BCUT2D eigenvalue weighted by molar-refractivity contribution is 0.0692. The average molecular weight is 340 g/mol. The Hall–Kier alpha value is -3.15. The predicted octanol–water partition coefficient (Wildman–Crippen LogP) is 3.08. The number of aromatic carboxylic acids is 1. The van der Waals surface area contributed by atoms with E-state index in [0.29, 0.717) is 11.3 Å². The lowest BCUT2D eigenvalue weighted by Gasteiger charge is -2.11. The Balaban J connectivity index is 2.28. The molecule has 0 atom stereocenters. The number of nitrogens with two attached hydrogens (primary N) is 1. The molecule has 6 heteroatoms. The minimum atomic E-state index is -1.18. The van der Waals surface area contributed by atoms with Crippen molar-refractivity contribution in [1.82, 2.24) is 0 Å². The van der Waals surface area contributed by atoms with E-state index in [1.54, 1.807) is 24.3 Å². The molecule has 0 unspecified atom stereocenters. The third-order valence-electron chi connectivity index (χ3n) is 3.83. The third-order valence-corrected chi connectivity index (χ3v) is 3.83. The molecular formula is C19H20N2O4. The van der Waals surface area contributed by atoms with Gasteiger partial charge in [-0.2, -0.15) is 0 Å². The molecule has 0 spiro atoms. The van der Waals surface area contributed by atoms with Crippen LogP contribution in [0.5, 0.6) is 0 Å². The van der Waals surface area contributed by atoms with Crippen molar-refractivity contribution in [2.45, 2.75) is 26.2 Å². The van der Waals surface area contributed by atoms with Crippen LogP contribution in [0.25, 0.3) is 0 Å². The highest BCUT2D eigenvalue weighted by atomic mass is 16.4. The van der Waals surface area contributed by atoms with Gasteiger partial charge in [0.15, 0.2) is 0 Å². The second-order valence-electron chi connectivity index (χ2n) is 5.64. The molecule has 6 nitrogen and oxygen atoms in total. The minimum Gasteiger partial charge on any atom is -0.478 e. The summed E-state index contributed by atoms with van der Waals surface area (Å²) in [7, 11) is 0. The minimum absolute atomic E-state index is 0.0469. The molecule has 0 heterocycles. The van der Waals surface area contributed by atoms with Crippen LogP contribution in [0.4, 0.5) is 5.69 Å². The number of benzene rings is 2. The Morgan fingerprint density at radius 2 is 1.72 bits per heavy atom. The van der Waals surface area contributed by atoms with Crippen molar-refractivity contribution < 1.29 is 19.5 Å². The summed E-state index contributed by atoms with van der Waals surface area (Å²) in [6.45, 7) is 2.05. The van der Waals surface area contributed by atoms with Gasteiger partial charge >= 0.3 is 5.97 Å². The summed E-state index contributed by atoms with van der Waals surface area (Å²) in [5, 5.41) is 11.8. The van der Waals surface area contributed by atoms with Gasteiger partial charge in [0, 0.05) is 11.3 Å². The van der Waals surface area contributed by atoms with Crippen molar-refractivity contribution in [1.29, 1.82) is 0 Å². The average Bonchev–Trinajstić information content (AvgIpc) is 2.60. The van der Waals surface area contributed by atoms with Gasteiger partial charge in [0.2, 0.25) is 5.91 Å². The number of amides is 2. The smallest absolute Gasteiger partial charge is 0.336 e. The maximum absolute atomic E-state index is 12.4. The van der Waals surface area contributed by atoms with Gasteiger partial charge in [-0.3, -0.25) is 9.59 Å². The van der Waals surface area contributed by atoms with Crippen molar-refractivity contribution in [2.75, 3.05) is 5.32 Å². The molecule has 0 aliphatic carbocycles. The molecule has 4 N–H and O–H groups in total. The van der Waals surface area contributed by atoms with Crippen LogP contribution in [0, 0.1) is 0 Å². The van der Waals surface area contributed by atoms with Crippen molar-refractivity contribution in [3.8, 4) is 0 Å². The van der Waals surface area contributed by atoms with E-state index in [-0.39, 0.29) is 11.1 Å². The summed E-state index contributed by atoms with van der Waals surface area (Å²) < 4.78 is 0. The van der Waals surface area contributed by atoms with Crippen LogP contribution in [0.2, 0.25) is 0 Å². The SMILES string of the molecule is CCCCc1ccc(NC(=O)c2ccccc2C(=O)O)cc1C(N)=O. The van der Waals surface area contributed by atoms with Gasteiger partial charge in [-0.1, -0.05) is 31.5 Å². The summed E-state index contributed by atoms with van der Waals surface area (Å²) in [6.07, 6.45) is 2.64. The van der Waals surface area contributed by atoms with E-state index < -0.39 is 17.8 Å². The van der Waals surface area contributed by atoms with Crippen LogP contribution in [0.15, 0.2) is 42.5 Å². The molecule has 25 heavy (non-hydrogen) atoms. The molecule has 0 saturated carbocycles. The van der Waals surface area contributed by atoms with Gasteiger partial charge in [0.25, 0.3) is 5.91 Å². The van der Waals surface area contributed by atoms with E-state index >= 15 is 0 Å². The zero-order valence-electron chi connectivity index (χ0n) is 13.9. The van der Waals surface area contributed by atoms with Gasteiger partial charge in [-0.05, 0) is 42.7 Å². The number of carboxylic acid groups (broad SMARTS) is 1. The Morgan fingerprint density at radius 1 is 1.04 bits per heavy atom. The number of nitrogens with one attached hydrogen (secondary N) is 1. The van der Waals surface area contributed by atoms with Crippen molar-refractivity contribution in [2.24, 2.45) is 5.73 Å². The molecule has 0 radical (unpaired) electrons. The highest BCUT2D eigenvalue weighted by Crippen LogP contribution is 2.19. The number of primary amides is 1. The molecule has 0 aliphatic heterocycles. The number of carbonyl (C=O) groups excluding carboxylic acids is 2. The fourth-order valence-corrected chi connectivity index (χ4v) is 2.53. The van der Waals surface area contributed by atoms with Gasteiger partial charge in [-0.15, -0.1) is 0 Å². The summed E-state index contributed by atoms with van der Waals surface area (Å²) in [6, 6.07) is 10.9. The first-order valence-electron chi connectivity index (χ1n) is 8.00. The number of rotatable bonds is 7. The quantitative estimate of drug-likeness (QED) is 0.719. The standard InChI is InChI=1S/C19H20N2O4/c1-2-3-6-12-9-10-13(11-16(12)17(20)22)21-18(23)14-7-4-5-8-15(14)19(24)25/h4-5,7-11H,2-3,6H2,1H3,(H2,20,22)(H,21,23)(H,24,25). The summed E-state index contributed by atoms with van der Waals surface area (Å²) in [5.74, 6) is -2.30. The Morgan fingerprint density at radius 3 is 2.32 bits per heavy atom. The molecule has 0 aromatic heterocycles. The van der Waals surface area contributed by atoms with Crippen LogP contribution < -0.4 is 11.1 Å². The molecule has 2 rings (SSSR count). The maximum atomic E-state index is 12.4. The second kappa shape index (κ2) is 8.10. The predicted molar refractivity (Wildman–Crippen MR) is 94.9 cm³/mol. The Labute approximate surface area is 145 Å². The van der Waals surface area contributed by atoms with Crippen LogP contribution in [0.3, 0.4) is 0 Å². The number of carboxylic acids is 1. The normalized spacial score (nSPS) is 10.3. The molecule has 2 aromatic rings. The number of unbranched alkanes of at least 4 members (excludes halogenated alkanes) is 1. The Kier molecular flexibility index (Phi) is 5.89. The Bertz CT molecular complexity index is 815. The van der Waals surface area contributed by atoms with Gasteiger partial charge in [0.1, 0.15) is 0 Å². The highest BCUT2D eigenvalue weighted by molar-refractivity contribution is 6.11. The monoisotopic (exact) mass is 340 g/mol. The summed E-state index contributed by atoms with van der Waals surface area (Å²) >= 11 is 0. The van der Waals surface area contributed by atoms with Crippen LogP contribution in [-0.4, -0.2) is 22.9 Å². The topological polar surface area (TPSA) is 109 Å². The van der Waals surface area contributed by atoms with Gasteiger partial charge in [0.05, 0.1) is 11.1 Å². The highest BCUT2D eigenvalue weighted by Gasteiger charge is 2.17. The second-order valence-corrected chi connectivity index (χ2v) is 5.64. The van der Waals surface area contributed by atoms with Gasteiger partial charge < -0.3 is 16.2 Å². The number of hydrogen-bond donors (Lipinski definition) is 3. The van der Waals surface area contributed by atoms with Gasteiger partial charge in [-0.25, -0.2) is 4.79 Å². The molecule has 0 bridgehead atoms. The lowest BCUT2D eigenvalue weighted by atomic mass is 10.0. The fraction of sp³-hybridized carbons (Fsp3) is 0.211. The van der Waals surface area contributed by atoms with E-state index in [9.17, 15) is 19.5 Å². The van der Waals surface area contributed by atoms with Crippen LogP contribution >= 0.6 is 0 Å². The van der Waals surface area contributed by atoms with E-state index in [4.69, 9.17) is 5.73 Å². The first-order valence-corrected chi connectivity index (χ1v) is 8.00. The van der Waals surface area contributed by atoms with E-state index in [2.05, 4.69) is 12.2 Å². The van der Waals surface area contributed by atoms with E-state index in [1.807, 2.05) is 0 Å². The molecule has 0 aliphatic rings. The van der Waals surface area contributed by atoms with Crippen LogP contribution in [0.1, 0.15) is 56.4 Å². The zero-order chi connectivity index (χ0) is 18.4. The van der Waals surface area contributed by atoms with E-state index in [1.165, 1.54) is 18.2 Å². The first kappa shape index (κ1) is 18.2. The third kappa shape index (κ3) is 4.44. The molecule has 0 saturated heterocycles.